The SMILES string of the molecule is N#CC1(c2ccc(OC(F)(F)F)cc2)CCCCC1. The topological polar surface area (TPSA) is 33.0 Å². The lowest BCUT2D eigenvalue weighted by atomic mass is 9.70. The van der Waals surface area contributed by atoms with Crippen LogP contribution >= 0.6 is 0 Å². The van der Waals surface area contributed by atoms with Crippen LogP contribution in [-0.4, -0.2) is 6.36 Å². The van der Waals surface area contributed by atoms with Crippen LogP contribution in [0.2, 0.25) is 0 Å². The molecule has 0 bridgehead atoms. The minimum absolute atomic E-state index is 0.250. The van der Waals surface area contributed by atoms with Crippen LogP contribution in [0.4, 0.5) is 13.2 Å². The van der Waals surface area contributed by atoms with Crippen LogP contribution in [-0.2, 0) is 5.41 Å². The summed E-state index contributed by atoms with van der Waals surface area (Å²) in [5.41, 5.74) is 0.235. The van der Waals surface area contributed by atoms with E-state index in [2.05, 4.69) is 10.8 Å². The molecule has 0 atom stereocenters. The standard InChI is InChI=1S/C14H14F3NO/c15-14(16,17)19-12-6-4-11(5-7-12)13(10-18)8-2-1-3-9-13/h4-7H,1-3,8-9H2. The predicted octanol–water partition coefficient (Wildman–Crippen LogP) is 4.31. The van der Waals surface area contributed by atoms with Gasteiger partial charge in [0, 0.05) is 0 Å². The molecule has 0 unspecified atom stereocenters. The van der Waals surface area contributed by atoms with Crippen molar-refractivity contribution >= 4 is 0 Å². The lowest BCUT2D eigenvalue weighted by Gasteiger charge is -2.31. The third kappa shape index (κ3) is 3.19. The van der Waals surface area contributed by atoms with Crippen LogP contribution in [0.3, 0.4) is 0 Å². The van der Waals surface area contributed by atoms with E-state index in [4.69, 9.17) is 0 Å². The molecule has 0 saturated heterocycles. The van der Waals surface area contributed by atoms with Crippen molar-refractivity contribution < 1.29 is 17.9 Å². The second-order valence-electron chi connectivity index (χ2n) is 4.83. The molecule has 2 rings (SSSR count). The van der Waals surface area contributed by atoms with Gasteiger partial charge in [0.05, 0.1) is 11.5 Å². The van der Waals surface area contributed by atoms with Gasteiger partial charge in [0.1, 0.15) is 5.75 Å². The molecular formula is C14H14F3NO. The summed E-state index contributed by atoms with van der Waals surface area (Å²) in [7, 11) is 0. The first kappa shape index (κ1) is 13.7. The van der Waals surface area contributed by atoms with Gasteiger partial charge < -0.3 is 4.74 Å². The van der Waals surface area contributed by atoms with Crippen molar-refractivity contribution in [3.05, 3.63) is 29.8 Å². The number of alkyl halides is 3. The first-order valence-electron chi connectivity index (χ1n) is 6.23. The number of rotatable bonds is 2. The van der Waals surface area contributed by atoms with E-state index in [9.17, 15) is 18.4 Å². The van der Waals surface area contributed by atoms with E-state index in [1.54, 1.807) is 12.1 Å². The molecule has 1 fully saturated rings. The fourth-order valence-corrected chi connectivity index (χ4v) is 2.60. The van der Waals surface area contributed by atoms with Crippen molar-refractivity contribution in [3.8, 4) is 11.8 Å². The highest BCUT2D eigenvalue weighted by Crippen LogP contribution is 2.39. The summed E-state index contributed by atoms with van der Waals surface area (Å²) in [6.07, 6.45) is -0.0767. The minimum Gasteiger partial charge on any atom is -0.406 e. The van der Waals surface area contributed by atoms with Crippen molar-refractivity contribution in [2.45, 2.75) is 43.9 Å². The van der Waals surface area contributed by atoms with E-state index in [0.29, 0.717) is 0 Å². The third-order valence-corrected chi connectivity index (χ3v) is 3.56. The molecule has 1 aromatic rings. The van der Waals surface area contributed by atoms with Crippen molar-refractivity contribution in [1.29, 1.82) is 5.26 Å². The summed E-state index contributed by atoms with van der Waals surface area (Å²) in [5.74, 6) is -0.250. The molecule has 1 aromatic carbocycles. The van der Waals surface area contributed by atoms with E-state index in [1.807, 2.05) is 0 Å². The van der Waals surface area contributed by atoms with Gasteiger partial charge in [-0.3, -0.25) is 0 Å². The molecule has 5 heteroatoms. The fraction of sp³-hybridized carbons (Fsp3) is 0.500. The number of hydrogen-bond donors (Lipinski definition) is 0. The summed E-state index contributed by atoms with van der Waals surface area (Å²) in [4.78, 5) is 0. The molecule has 0 radical (unpaired) electrons. The molecule has 0 heterocycles. The fourth-order valence-electron chi connectivity index (χ4n) is 2.60. The minimum atomic E-state index is -4.68. The Kier molecular flexibility index (Phi) is 3.70. The Bertz CT molecular complexity index is 467. The lowest BCUT2D eigenvalue weighted by Crippen LogP contribution is -2.27. The molecule has 0 amide bonds. The highest BCUT2D eigenvalue weighted by molar-refractivity contribution is 5.37. The quantitative estimate of drug-likeness (QED) is 0.801. The molecular weight excluding hydrogens is 255 g/mol. The number of ether oxygens (including phenoxy) is 1. The van der Waals surface area contributed by atoms with Gasteiger partial charge in [-0.15, -0.1) is 13.2 Å². The van der Waals surface area contributed by atoms with E-state index in [1.165, 1.54) is 12.1 Å². The van der Waals surface area contributed by atoms with Crippen molar-refractivity contribution in [2.24, 2.45) is 0 Å². The maximum atomic E-state index is 12.1. The molecule has 2 nitrogen and oxygen atoms in total. The van der Waals surface area contributed by atoms with Crippen molar-refractivity contribution in [1.82, 2.24) is 0 Å². The first-order valence-corrected chi connectivity index (χ1v) is 6.23. The van der Waals surface area contributed by atoms with Crippen LogP contribution in [0, 0.1) is 11.3 Å². The number of hydrogen-bond acceptors (Lipinski definition) is 2. The van der Waals surface area contributed by atoms with Crippen LogP contribution in [0.1, 0.15) is 37.7 Å². The Balaban J connectivity index is 2.20. The Morgan fingerprint density at radius 1 is 1.05 bits per heavy atom. The maximum absolute atomic E-state index is 12.1. The third-order valence-electron chi connectivity index (χ3n) is 3.56. The summed E-state index contributed by atoms with van der Waals surface area (Å²) in [5, 5.41) is 9.39. The molecule has 0 aliphatic heterocycles. The Labute approximate surface area is 109 Å². The average Bonchev–Trinajstić information content (AvgIpc) is 2.38. The molecule has 0 aromatic heterocycles. The summed E-state index contributed by atoms with van der Waals surface area (Å²) in [6.45, 7) is 0. The molecule has 1 aliphatic rings. The van der Waals surface area contributed by atoms with E-state index in [-0.39, 0.29) is 5.75 Å². The molecule has 0 N–H and O–H groups in total. The molecule has 1 saturated carbocycles. The van der Waals surface area contributed by atoms with Gasteiger partial charge in [-0.05, 0) is 30.5 Å². The van der Waals surface area contributed by atoms with E-state index < -0.39 is 11.8 Å². The number of benzene rings is 1. The smallest absolute Gasteiger partial charge is 0.406 e. The van der Waals surface area contributed by atoms with E-state index in [0.717, 1.165) is 37.7 Å². The summed E-state index contributed by atoms with van der Waals surface area (Å²) >= 11 is 0. The molecule has 0 spiro atoms. The average molecular weight is 269 g/mol. The van der Waals surface area contributed by atoms with Gasteiger partial charge in [0.15, 0.2) is 0 Å². The van der Waals surface area contributed by atoms with Crippen molar-refractivity contribution in [2.75, 3.05) is 0 Å². The number of halogens is 3. The number of nitrogens with zero attached hydrogens (tertiary/aromatic N) is 1. The van der Waals surface area contributed by atoms with Gasteiger partial charge in [0.2, 0.25) is 0 Å². The normalized spacial score (nSPS) is 18.6. The van der Waals surface area contributed by atoms with Crippen LogP contribution in [0.25, 0.3) is 0 Å². The van der Waals surface area contributed by atoms with Gasteiger partial charge >= 0.3 is 6.36 Å². The first-order chi connectivity index (χ1) is 8.95. The van der Waals surface area contributed by atoms with Gasteiger partial charge in [-0.1, -0.05) is 31.4 Å². The Hall–Kier alpha value is -1.70. The highest BCUT2D eigenvalue weighted by atomic mass is 19.4. The zero-order chi connectivity index (χ0) is 13.9. The summed E-state index contributed by atoms with van der Waals surface area (Å²) < 4.78 is 40.0. The number of nitriles is 1. The lowest BCUT2D eigenvalue weighted by molar-refractivity contribution is -0.274. The molecule has 102 valence electrons. The van der Waals surface area contributed by atoms with Gasteiger partial charge in [0.25, 0.3) is 0 Å². The van der Waals surface area contributed by atoms with E-state index >= 15 is 0 Å². The van der Waals surface area contributed by atoms with Crippen LogP contribution in [0.15, 0.2) is 24.3 Å². The monoisotopic (exact) mass is 269 g/mol. The van der Waals surface area contributed by atoms with Gasteiger partial charge in [-0.2, -0.15) is 5.26 Å². The van der Waals surface area contributed by atoms with Crippen molar-refractivity contribution in [3.63, 3.8) is 0 Å². The Morgan fingerprint density at radius 2 is 1.63 bits per heavy atom. The zero-order valence-corrected chi connectivity index (χ0v) is 10.3. The van der Waals surface area contributed by atoms with Gasteiger partial charge in [-0.25, -0.2) is 0 Å². The predicted molar refractivity (Wildman–Crippen MR) is 63.5 cm³/mol. The molecule has 19 heavy (non-hydrogen) atoms. The second kappa shape index (κ2) is 5.12. The Morgan fingerprint density at radius 3 is 2.11 bits per heavy atom. The highest BCUT2D eigenvalue weighted by Gasteiger charge is 2.35. The molecule has 1 aliphatic carbocycles. The van der Waals surface area contributed by atoms with Crippen LogP contribution in [0.5, 0.6) is 5.75 Å². The maximum Gasteiger partial charge on any atom is 0.573 e. The zero-order valence-electron chi connectivity index (χ0n) is 10.3. The summed E-state index contributed by atoms with van der Waals surface area (Å²) in [6, 6.07) is 8.02. The second-order valence-corrected chi connectivity index (χ2v) is 4.83. The largest absolute Gasteiger partial charge is 0.573 e. The van der Waals surface area contributed by atoms with Crippen LogP contribution < -0.4 is 4.74 Å².